The normalized spacial score (nSPS) is 16.4. The maximum atomic E-state index is 13.5. The summed E-state index contributed by atoms with van der Waals surface area (Å²) in [6, 6.07) is 19.5. The van der Waals surface area contributed by atoms with Crippen LogP contribution in [-0.4, -0.2) is 72.3 Å². The summed E-state index contributed by atoms with van der Waals surface area (Å²) >= 11 is 0. The highest BCUT2D eigenvalue weighted by molar-refractivity contribution is 6.21. The summed E-state index contributed by atoms with van der Waals surface area (Å²) in [4.78, 5) is 58.7. The Hall–Kier alpha value is -4.96. The van der Waals surface area contributed by atoms with E-state index in [0.29, 0.717) is 46.4 Å². The minimum absolute atomic E-state index is 0.0222. The van der Waals surface area contributed by atoms with E-state index in [9.17, 15) is 19.2 Å². The largest absolute Gasteiger partial charge is 0.497 e. The molecule has 41 heavy (non-hydrogen) atoms. The first-order chi connectivity index (χ1) is 19.9. The molecule has 10 nitrogen and oxygen atoms in total. The molecule has 3 heterocycles. The second-order valence-electron chi connectivity index (χ2n) is 10.0. The van der Waals surface area contributed by atoms with E-state index in [-0.39, 0.29) is 42.5 Å². The number of aromatic amines is 1. The number of imide groups is 1. The SMILES string of the molecule is COC(=O)c1[nH]c2cc(OC)ccc2c1NC(=O)CN1CCc2ccccc2[C@@H]1CN1C(=O)c2ccccc2C1=O. The van der Waals surface area contributed by atoms with Crippen molar-refractivity contribution in [2.45, 2.75) is 12.5 Å². The van der Waals surface area contributed by atoms with Crippen LogP contribution in [0.3, 0.4) is 0 Å². The molecule has 0 spiro atoms. The number of esters is 1. The summed E-state index contributed by atoms with van der Waals surface area (Å²) in [6.45, 7) is 0.635. The zero-order valence-corrected chi connectivity index (χ0v) is 22.6. The predicted molar refractivity (Wildman–Crippen MR) is 151 cm³/mol. The van der Waals surface area contributed by atoms with Gasteiger partial charge in [0, 0.05) is 24.5 Å². The van der Waals surface area contributed by atoms with Crippen LogP contribution in [0.5, 0.6) is 5.75 Å². The van der Waals surface area contributed by atoms with Gasteiger partial charge in [-0.05, 0) is 41.8 Å². The number of nitrogens with zero attached hydrogens (tertiary/aromatic N) is 2. The number of hydrogen-bond acceptors (Lipinski definition) is 7. The van der Waals surface area contributed by atoms with Gasteiger partial charge in [-0.3, -0.25) is 24.2 Å². The van der Waals surface area contributed by atoms with E-state index in [1.54, 1.807) is 49.6 Å². The van der Waals surface area contributed by atoms with Crippen LogP contribution in [0.15, 0.2) is 66.7 Å². The van der Waals surface area contributed by atoms with Crippen molar-refractivity contribution < 1.29 is 28.7 Å². The topological polar surface area (TPSA) is 121 Å². The number of amides is 3. The zero-order chi connectivity index (χ0) is 28.7. The number of carbonyl (C=O) groups is 4. The zero-order valence-electron chi connectivity index (χ0n) is 22.6. The van der Waals surface area contributed by atoms with Crippen LogP contribution >= 0.6 is 0 Å². The van der Waals surface area contributed by atoms with Crippen molar-refractivity contribution >= 4 is 40.3 Å². The van der Waals surface area contributed by atoms with Gasteiger partial charge in [-0.1, -0.05) is 36.4 Å². The fraction of sp³-hybridized carbons (Fsp3) is 0.226. The third-order valence-corrected chi connectivity index (χ3v) is 7.76. The lowest BCUT2D eigenvalue weighted by molar-refractivity contribution is -0.118. The van der Waals surface area contributed by atoms with Crippen molar-refractivity contribution in [2.24, 2.45) is 0 Å². The Bertz CT molecular complexity index is 1680. The molecule has 3 aromatic carbocycles. The maximum Gasteiger partial charge on any atom is 0.356 e. The first-order valence-corrected chi connectivity index (χ1v) is 13.2. The Morgan fingerprint density at radius 1 is 0.976 bits per heavy atom. The van der Waals surface area contributed by atoms with Crippen LogP contribution in [0.25, 0.3) is 10.9 Å². The van der Waals surface area contributed by atoms with Crippen LogP contribution in [0.4, 0.5) is 5.69 Å². The van der Waals surface area contributed by atoms with Crippen molar-refractivity contribution in [1.82, 2.24) is 14.8 Å². The summed E-state index contributed by atoms with van der Waals surface area (Å²) < 4.78 is 10.2. The van der Waals surface area contributed by atoms with Crippen molar-refractivity contribution in [1.29, 1.82) is 0 Å². The summed E-state index contributed by atoms with van der Waals surface area (Å²) in [5, 5.41) is 3.53. The second kappa shape index (κ2) is 10.5. The number of anilines is 1. The van der Waals surface area contributed by atoms with Crippen LogP contribution in [0.2, 0.25) is 0 Å². The van der Waals surface area contributed by atoms with Crippen LogP contribution in [0.1, 0.15) is 48.4 Å². The monoisotopic (exact) mass is 552 g/mol. The molecule has 1 atom stereocenters. The molecule has 3 amide bonds. The van der Waals surface area contributed by atoms with Gasteiger partial charge in [0.05, 0.1) is 49.1 Å². The van der Waals surface area contributed by atoms with E-state index in [1.807, 2.05) is 29.2 Å². The lowest BCUT2D eigenvalue weighted by Gasteiger charge is -2.38. The van der Waals surface area contributed by atoms with E-state index in [4.69, 9.17) is 9.47 Å². The Balaban J connectivity index is 1.28. The van der Waals surface area contributed by atoms with Gasteiger partial charge in [0.2, 0.25) is 5.91 Å². The molecule has 10 heteroatoms. The molecule has 208 valence electrons. The number of H-pyrrole nitrogens is 1. The molecular weight excluding hydrogens is 524 g/mol. The average Bonchev–Trinajstić information content (AvgIpc) is 3.47. The second-order valence-corrected chi connectivity index (χ2v) is 10.0. The highest BCUT2D eigenvalue weighted by atomic mass is 16.5. The van der Waals surface area contributed by atoms with E-state index in [0.717, 1.165) is 11.1 Å². The van der Waals surface area contributed by atoms with Crippen LogP contribution in [-0.2, 0) is 16.0 Å². The summed E-state index contributed by atoms with van der Waals surface area (Å²) in [6.07, 6.45) is 0.711. The van der Waals surface area contributed by atoms with E-state index < -0.39 is 5.97 Å². The van der Waals surface area contributed by atoms with Gasteiger partial charge in [0.25, 0.3) is 11.8 Å². The molecule has 0 unspecified atom stereocenters. The predicted octanol–water partition coefficient (Wildman–Crippen LogP) is 3.80. The number of rotatable bonds is 7. The average molecular weight is 553 g/mol. The fourth-order valence-electron chi connectivity index (χ4n) is 5.74. The van der Waals surface area contributed by atoms with Gasteiger partial charge in [-0.15, -0.1) is 0 Å². The van der Waals surface area contributed by atoms with Crippen molar-refractivity contribution in [3.8, 4) is 5.75 Å². The number of fused-ring (bicyclic) bond motifs is 3. The quantitative estimate of drug-likeness (QED) is 0.264. The van der Waals surface area contributed by atoms with E-state index >= 15 is 0 Å². The van der Waals surface area contributed by atoms with Gasteiger partial charge >= 0.3 is 5.97 Å². The number of aromatic nitrogens is 1. The molecule has 0 radical (unpaired) electrons. The minimum Gasteiger partial charge on any atom is -0.497 e. The first-order valence-electron chi connectivity index (χ1n) is 13.2. The number of carbonyl (C=O) groups excluding carboxylic acids is 4. The number of methoxy groups -OCH3 is 2. The Kier molecular flexibility index (Phi) is 6.76. The molecule has 0 saturated carbocycles. The van der Waals surface area contributed by atoms with Gasteiger partial charge in [0.15, 0.2) is 0 Å². The number of hydrogen-bond donors (Lipinski definition) is 2. The number of ether oxygens (including phenoxy) is 2. The summed E-state index contributed by atoms with van der Waals surface area (Å²) in [5.74, 6) is -1.05. The third-order valence-electron chi connectivity index (χ3n) is 7.76. The molecule has 0 bridgehead atoms. The van der Waals surface area contributed by atoms with Gasteiger partial charge in [0.1, 0.15) is 11.4 Å². The first kappa shape index (κ1) is 26.3. The molecule has 0 aliphatic carbocycles. The molecule has 4 aromatic rings. The third kappa shape index (κ3) is 4.62. The van der Waals surface area contributed by atoms with Crippen molar-refractivity contribution in [3.63, 3.8) is 0 Å². The van der Waals surface area contributed by atoms with Gasteiger partial charge < -0.3 is 19.8 Å². The lowest BCUT2D eigenvalue weighted by atomic mass is 9.92. The fourth-order valence-corrected chi connectivity index (χ4v) is 5.74. The maximum absolute atomic E-state index is 13.5. The molecule has 0 saturated heterocycles. The Morgan fingerprint density at radius 2 is 1.68 bits per heavy atom. The van der Waals surface area contributed by atoms with E-state index in [2.05, 4.69) is 10.3 Å². The number of benzene rings is 3. The lowest BCUT2D eigenvalue weighted by Crippen LogP contribution is -2.46. The molecule has 0 fully saturated rings. The number of nitrogens with one attached hydrogen (secondary N) is 2. The molecule has 2 aliphatic heterocycles. The molecule has 6 rings (SSSR count). The van der Waals surface area contributed by atoms with Crippen LogP contribution in [0, 0.1) is 0 Å². The highest BCUT2D eigenvalue weighted by Crippen LogP contribution is 2.34. The van der Waals surface area contributed by atoms with E-state index in [1.165, 1.54) is 12.0 Å². The minimum atomic E-state index is -0.620. The summed E-state index contributed by atoms with van der Waals surface area (Å²) in [5.41, 5.74) is 3.90. The van der Waals surface area contributed by atoms with Crippen LogP contribution < -0.4 is 10.1 Å². The Labute approximate surface area is 235 Å². The highest BCUT2D eigenvalue weighted by Gasteiger charge is 2.39. The van der Waals surface area contributed by atoms with Crippen molar-refractivity contribution in [2.75, 3.05) is 39.2 Å². The van der Waals surface area contributed by atoms with Gasteiger partial charge in [-0.2, -0.15) is 0 Å². The molecular formula is C31H28N4O6. The molecule has 2 aliphatic rings. The van der Waals surface area contributed by atoms with Crippen molar-refractivity contribution in [3.05, 3.63) is 94.7 Å². The smallest absolute Gasteiger partial charge is 0.356 e. The molecule has 1 aromatic heterocycles. The Morgan fingerprint density at radius 3 is 2.39 bits per heavy atom. The summed E-state index contributed by atoms with van der Waals surface area (Å²) in [7, 11) is 2.82. The van der Waals surface area contributed by atoms with Gasteiger partial charge in [-0.25, -0.2) is 4.79 Å². The molecule has 2 N–H and O–H groups in total. The standard InChI is InChI=1S/C31H28N4O6/c1-40-19-11-12-23-24(15-19)32-28(31(39)41-2)27(23)33-26(36)17-34-14-13-18-7-3-4-8-20(18)25(34)16-35-29(37)21-9-5-6-10-22(21)30(35)38/h3-12,15,25,32H,13-14,16-17H2,1-2H3,(H,33,36)/t25-/m0/s1.